The van der Waals surface area contributed by atoms with Gasteiger partial charge in [-0.15, -0.1) is 0 Å². The van der Waals surface area contributed by atoms with Gasteiger partial charge in [0.15, 0.2) is 0 Å². The number of para-hydroxylation sites is 1. The topological polar surface area (TPSA) is 38.5 Å². The summed E-state index contributed by atoms with van der Waals surface area (Å²) >= 11 is 0. The zero-order chi connectivity index (χ0) is 13.0. The average Bonchev–Trinajstić information content (AvgIpc) is 2.40. The molecule has 100 valence electrons. The van der Waals surface area contributed by atoms with Crippen molar-refractivity contribution in [1.82, 2.24) is 4.90 Å². The van der Waals surface area contributed by atoms with E-state index in [1.165, 1.54) is 5.56 Å². The van der Waals surface area contributed by atoms with E-state index in [4.69, 9.17) is 10.5 Å². The first-order valence-electron chi connectivity index (χ1n) is 6.82. The van der Waals surface area contributed by atoms with Crippen LogP contribution < -0.4 is 10.5 Å². The van der Waals surface area contributed by atoms with Crippen molar-refractivity contribution >= 4 is 0 Å². The number of ether oxygens (including phenoxy) is 1. The zero-order valence-electron chi connectivity index (χ0n) is 11.4. The second-order valence-electron chi connectivity index (χ2n) is 5.24. The van der Waals surface area contributed by atoms with Gasteiger partial charge < -0.3 is 15.4 Å². The van der Waals surface area contributed by atoms with Crippen LogP contribution in [-0.2, 0) is 6.42 Å². The third kappa shape index (κ3) is 3.24. The Labute approximate surface area is 110 Å². The summed E-state index contributed by atoms with van der Waals surface area (Å²) in [6.07, 6.45) is 3.28. The maximum Gasteiger partial charge on any atom is 0.122 e. The van der Waals surface area contributed by atoms with Gasteiger partial charge in [0.25, 0.3) is 0 Å². The van der Waals surface area contributed by atoms with Gasteiger partial charge in [-0.3, -0.25) is 0 Å². The molecule has 2 rings (SSSR count). The van der Waals surface area contributed by atoms with Crippen LogP contribution in [-0.4, -0.2) is 37.2 Å². The predicted molar refractivity (Wildman–Crippen MR) is 74.9 cm³/mol. The molecule has 1 aromatic rings. The van der Waals surface area contributed by atoms with E-state index in [0.717, 1.165) is 38.1 Å². The number of methoxy groups -OCH3 is 1. The minimum absolute atomic E-state index is 0.403. The second kappa shape index (κ2) is 6.21. The lowest BCUT2D eigenvalue weighted by Gasteiger charge is -2.35. The summed E-state index contributed by atoms with van der Waals surface area (Å²) < 4.78 is 5.41. The van der Waals surface area contributed by atoms with Crippen LogP contribution in [0.15, 0.2) is 24.3 Å². The van der Waals surface area contributed by atoms with E-state index in [1.54, 1.807) is 7.11 Å². The predicted octanol–water partition coefficient (Wildman–Crippen LogP) is 2.05. The van der Waals surface area contributed by atoms with Gasteiger partial charge in [-0.1, -0.05) is 18.2 Å². The van der Waals surface area contributed by atoms with E-state index in [-0.39, 0.29) is 0 Å². The maximum absolute atomic E-state index is 5.95. The standard InChI is InChI=1S/C15H24N2O/c1-12(17-9-7-14(16)8-10-17)11-13-5-3-4-6-15(13)18-2/h3-6,12,14H,7-11,16H2,1-2H3. The highest BCUT2D eigenvalue weighted by Gasteiger charge is 2.21. The quantitative estimate of drug-likeness (QED) is 0.886. The fourth-order valence-electron chi connectivity index (χ4n) is 2.68. The molecule has 1 aliphatic rings. The van der Waals surface area contributed by atoms with E-state index in [0.29, 0.717) is 12.1 Å². The number of nitrogens with two attached hydrogens (primary N) is 1. The van der Waals surface area contributed by atoms with Gasteiger partial charge in [0.1, 0.15) is 5.75 Å². The van der Waals surface area contributed by atoms with Crippen molar-refractivity contribution in [2.75, 3.05) is 20.2 Å². The highest BCUT2D eigenvalue weighted by Crippen LogP contribution is 2.21. The van der Waals surface area contributed by atoms with Crippen LogP contribution in [0.25, 0.3) is 0 Å². The van der Waals surface area contributed by atoms with Crippen molar-refractivity contribution in [1.29, 1.82) is 0 Å². The molecule has 0 saturated carbocycles. The number of nitrogens with zero attached hydrogens (tertiary/aromatic N) is 1. The molecule has 1 heterocycles. The molecule has 0 radical (unpaired) electrons. The molecular weight excluding hydrogens is 224 g/mol. The fraction of sp³-hybridized carbons (Fsp3) is 0.600. The van der Waals surface area contributed by atoms with Crippen molar-refractivity contribution in [2.24, 2.45) is 5.73 Å². The second-order valence-corrected chi connectivity index (χ2v) is 5.24. The van der Waals surface area contributed by atoms with Gasteiger partial charge in [-0.2, -0.15) is 0 Å². The van der Waals surface area contributed by atoms with Crippen molar-refractivity contribution in [3.05, 3.63) is 29.8 Å². The van der Waals surface area contributed by atoms with Gasteiger partial charge in [-0.05, 0) is 50.9 Å². The molecule has 0 aromatic heterocycles. The Bertz CT molecular complexity index is 373. The summed E-state index contributed by atoms with van der Waals surface area (Å²) in [5, 5.41) is 0. The van der Waals surface area contributed by atoms with Crippen LogP contribution in [0, 0.1) is 0 Å². The van der Waals surface area contributed by atoms with Crippen LogP contribution >= 0.6 is 0 Å². The van der Waals surface area contributed by atoms with Gasteiger partial charge in [-0.25, -0.2) is 0 Å². The van der Waals surface area contributed by atoms with E-state index >= 15 is 0 Å². The molecular formula is C15H24N2O. The van der Waals surface area contributed by atoms with Crippen molar-refractivity contribution in [3.8, 4) is 5.75 Å². The van der Waals surface area contributed by atoms with Crippen molar-refractivity contribution in [2.45, 2.75) is 38.3 Å². The summed E-state index contributed by atoms with van der Waals surface area (Å²) in [7, 11) is 1.74. The van der Waals surface area contributed by atoms with Gasteiger partial charge in [0, 0.05) is 12.1 Å². The Hall–Kier alpha value is -1.06. The summed E-state index contributed by atoms with van der Waals surface area (Å²) in [4.78, 5) is 2.54. The Kier molecular flexibility index (Phi) is 4.61. The summed E-state index contributed by atoms with van der Waals surface area (Å²) in [5.74, 6) is 0.998. The molecule has 18 heavy (non-hydrogen) atoms. The van der Waals surface area contributed by atoms with Crippen LogP contribution in [0.3, 0.4) is 0 Å². The van der Waals surface area contributed by atoms with Gasteiger partial charge >= 0.3 is 0 Å². The van der Waals surface area contributed by atoms with E-state index in [2.05, 4.69) is 24.0 Å². The average molecular weight is 248 g/mol. The normalized spacial score (nSPS) is 19.7. The Morgan fingerprint density at radius 2 is 2.00 bits per heavy atom. The minimum Gasteiger partial charge on any atom is -0.496 e. The van der Waals surface area contributed by atoms with E-state index < -0.39 is 0 Å². The molecule has 1 fully saturated rings. The van der Waals surface area contributed by atoms with Gasteiger partial charge in [0.05, 0.1) is 7.11 Å². The molecule has 1 aromatic carbocycles. The smallest absolute Gasteiger partial charge is 0.122 e. The molecule has 0 amide bonds. The van der Waals surface area contributed by atoms with E-state index in [1.807, 2.05) is 12.1 Å². The van der Waals surface area contributed by atoms with Gasteiger partial charge in [0.2, 0.25) is 0 Å². The lowest BCUT2D eigenvalue weighted by molar-refractivity contribution is 0.161. The highest BCUT2D eigenvalue weighted by atomic mass is 16.5. The zero-order valence-corrected chi connectivity index (χ0v) is 11.4. The number of hydrogen-bond acceptors (Lipinski definition) is 3. The number of rotatable bonds is 4. The third-order valence-corrected chi connectivity index (χ3v) is 3.91. The molecule has 1 unspecified atom stereocenters. The number of hydrogen-bond donors (Lipinski definition) is 1. The Balaban J connectivity index is 1.96. The summed E-state index contributed by atoms with van der Waals surface area (Å²) in [6.45, 7) is 4.54. The molecule has 2 N–H and O–H groups in total. The highest BCUT2D eigenvalue weighted by molar-refractivity contribution is 5.33. The Morgan fingerprint density at radius 3 is 2.67 bits per heavy atom. The van der Waals surface area contributed by atoms with Crippen LogP contribution in [0.5, 0.6) is 5.75 Å². The SMILES string of the molecule is COc1ccccc1CC(C)N1CCC(N)CC1. The summed E-state index contributed by atoms with van der Waals surface area (Å²) in [5.41, 5.74) is 7.24. The largest absolute Gasteiger partial charge is 0.496 e. The first-order chi connectivity index (χ1) is 8.70. The molecule has 1 saturated heterocycles. The van der Waals surface area contributed by atoms with Crippen LogP contribution in [0.1, 0.15) is 25.3 Å². The minimum atomic E-state index is 0.403. The molecule has 1 aliphatic heterocycles. The van der Waals surface area contributed by atoms with Crippen LogP contribution in [0.2, 0.25) is 0 Å². The first-order valence-corrected chi connectivity index (χ1v) is 6.82. The lowest BCUT2D eigenvalue weighted by Crippen LogP contribution is -2.44. The molecule has 3 nitrogen and oxygen atoms in total. The molecule has 1 atom stereocenters. The number of piperidine rings is 1. The first kappa shape index (κ1) is 13.4. The lowest BCUT2D eigenvalue weighted by atomic mass is 10.0. The number of benzene rings is 1. The summed E-state index contributed by atoms with van der Waals surface area (Å²) in [6, 6.07) is 9.25. The monoisotopic (exact) mass is 248 g/mol. The fourth-order valence-corrected chi connectivity index (χ4v) is 2.68. The van der Waals surface area contributed by atoms with E-state index in [9.17, 15) is 0 Å². The van der Waals surface area contributed by atoms with Crippen LogP contribution in [0.4, 0.5) is 0 Å². The molecule has 0 spiro atoms. The maximum atomic E-state index is 5.95. The number of likely N-dealkylation sites (tertiary alicyclic amines) is 1. The molecule has 0 aliphatic carbocycles. The molecule has 0 bridgehead atoms. The molecule has 3 heteroatoms. The van der Waals surface area contributed by atoms with Crippen molar-refractivity contribution in [3.63, 3.8) is 0 Å². The Morgan fingerprint density at radius 1 is 1.33 bits per heavy atom. The van der Waals surface area contributed by atoms with Crippen molar-refractivity contribution < 1.29 is 4.74 Å². The third-order valence-electron chi connectivity index (χ3n) is 3.91.